The van der Waals surface area contributed by atoms with Gasteiger partial charge in [-0.25, -0.2) is 9.97 Å². The molecule has 1 heterocycles. The zero-order valence-corrected chi connectivity index (χ0v) is 8.51. The zero-order valence-electron chi connectivity index (χ0n) is 7.69. The van der Waals surface area contributed by atoms with E-state index in [2.05, 4.69) is 15.3 Å². The van der Waals surface area contributed by atoms with E-state index in [1.54, 1.807) is 11.8 Å². The Morgan fingerprint density at radius 1 is 1.62 bits per heavy atom. The van der Waals surface area contributed by atoms with Gasteiger partial charge in [0.2, 0.25) is 0 Å². The number of anilines is 1. The molecule has 0 saturated carbocycles. The van der Waals surface area contributed by atoms with Crippen LogP contribution in [0.1, 0.15) is 6.92 Å². The molecule has 4 nitrogen and oxygen atoms in total. The second-order valence-electron chi connectivity index (χ2n) is 2.67. The highest BCUT2D eigenvalue weighted by Crippen LogP contribution is 2.13. The van der Waals surface area contributed by atoms with Crippen molar-refractivity contribution in [1.82, 2.24) is 9.97 Å². The maximum atomic E-state index is 8.81. The van der Waals surface area contributed by atoms with Gasteiger partial charge in [-0.2, -0.15) is 0 Å². The summed E-state index contributed by atoms with van der Waals surface area (Å²) >= 11 is 1.56. The SMILES string of the molecule is CSc1cc(NC(C)CO)ncn1. The van der Waals surface area contributed by atoms with Crippen molar-refractivity contribution in [2.45, 2.75) is 18.0 Å². The van der Waals surface area contributed by atoms with Crippen LogP contribution >= 0.6 is 11.8 Å². The summed E-state index contributed by atoms with van der Waals surface area (Å²) in [5, 5.41) is 12.8. The second kappa shape index (κ2) is 5.04. The van der Waals surface area contributed by atoms with Gasteiger partial charge in [0.25, 0.3) is 0 Å². The van der Waals surface area contributed by atoms with Gasteiger partial charge in [0.05, 0.1) is 6.61 Å². The van der Waals surface area contributed by atoms with E-state index < -0.39 is 0 Å². The minimum Gasteiger partial charge on any atom is -0.394 e. The first-order valence-corrected chi connectivity index (χ1v) is 5.22. The van der Waals surface area contributed by atoms with Gasteiger partial charge < -0.3 is 10.4 Å². The Morgan fingerprint density at radius 2 is 2.38 bits per heavy atom. The Labute approximate surface area is 81.8 Å². The Morgan fingerprint density at radius 3 is 3.00 bits per heavy atom. The summed E-state index contributed by atoms with van der Waals surface area (Å²) in [4.78, 5) is 8.07. The summed E-state index contributed by atoms with van der Waals surface area (Å²) in [5.41, 5.74) is 0. The molecule has 1 rings (SSSR count). The number of rotatable bonds is 4. The van der Waals surface area contributed by atoms with Crippen molar-refractivity contribution in [2.75, 3.05) is 18.2 Å². The van der Waals surface area contributed by atoms with Crippen molar-refractivity contribution < 1.29 is 5.11 Å². The number of hydrogen-bond acceptors (Lipinski definition) is 5. The first kappa shape index (κ1) is 10.3. The summed E-state index contributed by atoms with van der Waals surface area (Å²) < 4.78 is 0. The highest BCUT2D eigenvalue weighted by Gasteiger charge is 2.01. The zero-order chi connectivity index (χ0) is 9.68. The molecule has 0 fully saturated rings. The predicted molar refractivity (Wildman–Crippen MR) is 54.0 cm³/mol. The molecule has 72 valence electrons. The fourth-order valence-electron chi connectivity index (χ4n) is 0.828. The van der Waals surface area contributed by atoms with Gasteiger partial charge in [-0.1, -0.05) is 0 Å². The Balaban J connectivity index is 2.66. The van der Waals surface area contributed by atoms with Crippen molar-refractivity contribution in [2.24, 2.45) is 0 Å². The van der Waals surface area contributed by atoms with E-state index in [0.717, 1.165) is 10.8 Å². The molecule has 1 unspecified atom stereocenters. The largest absolute Gasteiger partial charge is 0.394 e. The molecule has 0 saturated heterocycles. The molecule has 5 heteroatoms. The standard InChI is InChI=1S/C8H13N3OS/c1-6(4-12)11-7-3-8(13-2)10-5-9-7/h3,5-6,12H,4H2,1-2H3,(H,9,10,11). The smallest absolute Gasteiger partial charge is 0.130 e. The van der Waals surface area contributed by atoms with Crippen molar-refractivity contribution >= 4 is 17.6 Å². The van der Waals surface area contributed by atoms with Gasteiger partial charge in [0.15, 0.2) is 0 Å². The molecule has 0 spiro atoms. The fourth-order valence-corrected chi connectivity index (χ4v) is 1.21. The van der Waals surface area contributed by atoms with Gasteiger partial charge in [-0.15, -0.1) is 11.8 Å². The number of aromatic nitrogens is 2. The lowest BCUT2D eigenvalue weighted by Crippen LogP contribution is -2.20. The van der Waals surface area contributed by atoms with Gasteiger partial charge >= 0.3 is 0 Å². The van der Waals surface area contributed by atoms with E-state index in [-0.39, 0.29) is 12.6 Å². The van der Waals surface area contributed by atoms with Gasteiger partial charge in [-0.05, 0) is 13.2 Å². The molecule has 0 aliphatic carbocycles. The van der Waals surface area contributed by atoms with Gasteiger partial charge in [0.1, 0.15) is 17.2 Å². The molecule has 0 aromatic carbocycles. The average Bonchev–Trinajstić information content (AvgIpc) is 2.18. The Hall–Kier alpha value is -0.810. The summed E-state index contributed by atoms with van der Waals surface area (Å²) in [5.74, 6) is 0.751. The first-order valence-electron chi connectivity index (χ1n) is 3.99. The van der Waals surface area contributed by atoms with Crippen LogP contribution in [0.25, 0.3) is 0 Å². The first-order chi connectivity index (χ1) is 6.26. The number of nitrogens with zero attached hydrogens (tertiary/aromatic N) is 2. The number of hydrogen-bond donors (Lipinski definition) is 2. The number of aliphatic hydroxyl groups excluding tert-OH is 1. The molecule has 0 bridgehead atoms. The van der Waals surface area contributed by atoms with Crippen LogP contribution < -0.4 is 5.32 Å². The van der Waals surface area contributed by atoms with E-state index >= 15 is 0 Å². The third-order valence-electron chi connectivity index (χ3n) is 1.52. The van der Waals surface area contributed by atoms with E-state index in [9.17, 15) is 0 Å². The Bertz CT molecular complexity index is 269. The van der Waals surface area contributed by atoms with Crippen molar-refractivity contribution in [3.63, 3.8) is 0 Å². The van der Waals surface area contributed by atoms with E-state index in [4.69, 9.17) is 5.11 Å². The molecule has 13 heavy (non-hydrogen) atoms. The highest BCUT2D eigenvalue weighted by atomic mass is 32.2. The van der Waals surface area contributed by atoms with Crippen molar-refractivity contribution in [1.29, 1.82) is 0 Å². The number of aliphatic hydroxyl groups is 1. The van der Waals surface area contributed by atoms with Crippen molar-refractivity contribution in [3.05, 3.63) is 12.4 Å². The molecule has 1 atom stereocenters. The lowest BCUT2D eigenvalue weighted by atomic mass is 10.3. The topological polar surface area (TPSA) is 58.0 Å². The van der Waals surface area contributed by atoms with E-state index in [0.29, 0.717) is 0 Å². The maximum Gasteiger partial charge on any atom is 0.130 e. The minimum atomic E-state index is 0.0182. The molecule has 0 radical (unpaired) electrons. The van der Waals surface area contributed by atoms with E-state index in [1.807, 2.05) is 19.2 Å². The molecule has 1 aromatic rings. The fraction of sp³-hybridized carbons (Fsp3) is 0.500. The monoisotopic (exact) mass is 199 g/mol. The normalized spacial score (nSPS) is 12.5. The van der Waals surface area contributed by atoms with Crippen LogP contribution in [0.4, 0.5) is 5.82 Å². The Kier molecular flexibility index (Phi) is 3.98. The molecular formula is C8H13N3OS. The van der Waals surface area contributed by atoms with Gasteiger partial charge in [0, 0.05) is 12.1 Å². The molecule has 0 aliphatic rings. The molecule has 2 N–H and O–H groups in total. The van der Waals surface area contributed by atoms with Gasteiger partial charge in [-0.3, -0.25) is 0 Å². The summed E-state index contributed by atoms with van der Waals surface area (Å²) in [6.07, 6.45) is 3.47. The van der Waals surface area contributed by atoms with Crippen LogP contribution in [-0.4, -0.2) is 34.0 Å². The minimum absolute atomic E-state index is 0.0182. The lowest BCUT2D eigenvalue weighted by Gasteiger charge is -2.10. The van der Waals surface area contributed by atoms with E-state index in [1.165, 1.54) is 6.33 Å². The molecule has 0 aliphatic heterocycles. The predicted octanol–water partition coefficient (Wildman–Crippen LogP) is 0.991. The van der Waals surface area contributed by atoms with Crippen molar-refractivity contribution in [3.8, 4) is 0 Å². The quantitative estimate of drug-likeness (QED) is 0.559. The molecular weight excluding hydrogens is 186 g/mol. The molecule has 0 amide bonds. The van der Waals surface area contributed by atoms with Crippen LogP contribution in [0.5, 0.6) is 0 Å². The summed E-state index contributed by atoms with van der Waals surface area (Å²) in [6.45, 7) is 1.99. The summed E-state index contributed by atoms with van der Waals surface area (Å²) in [7, 11) is 0. The van der Waals surface area contributed by atoms with Crippen LogP contribution in [0.3, 0.4) is 0 Å². The number of thioether (sulfide) groups is 1. The van der Waals surface area contributed by atoms with Crippen LogP contribution in [0.15, 0.2) is 17.4 Å². The lowest BCUT2D eigenvalue weighted by molar-refractivity contribution is 0.281. The maximum absolute atomic E-state index is 8.81. The second-order valence-corrected chi connectivity index (χ2v) is 3.50. The van der Waals surface area contributed by atoms with Crippen LogP contribution in [0.2, 0.25) is 0 Å². The summed E-state index contributed by atoms with van der Waals surface area (Å²) in [6, 6.07) is 1.88. The van der Waals surface area contributed by atoms with Crippen LogP contribution in [-0.2, 0) is 0 Å². The average molecular weight is 199 g/mol. The van der Waals surface area contributed by atoms with Crippen LogP contribution in [0, 0.1) is 0 Å². The molecule has 1 aromatic heterocycles. The third kappa shape index (κ3) is 3.20. The number of nitrogens with one attached hydrogen (secondary N) is 1. The highest BCUT2D eigenvalue weighted by molar-refractivity contribution is 7.98. The third-order valence-corrected chi connectivity index (χ3v) is 2.16.